The largest absolute Gasteiger partial charge is 0.519 e. The molecule has 0 fully saturated rings. The van der Waals surface area contributed by atoms with Crippen LogP contribution in [0.25, 0.3) is 16.1 Å². The third kappa shape index (κ3) is 7.12. The molecule has 3 N–H and O–H groups in total. The summed E-state index contributed by atoms with van der Waals surface area (Å²) in [4.78, 5) is 20.2. The van der Waals surface area contributed by atoms with Crippen molar-refractivity contribution in [3.05, 3.63) is 77.0 Å². The number of phenols is 1. The first-order valence-corrected chi connectivity index (χ1v) is 10.9. The second kappa shape index (κ2) is 11.9. The van der Waals surface area contributed by atoms with Crippen LogP contribution < -0.4 is 5.32 Å². The molecule has 1 atom stereocenters. The summed E-state index contributed by atoms with van der Waals surface area (Å²) in [5.74, 6) is 0.527. The number of amides is 1. The molecular formula is C26H30N4O3Pr. The molecule has 34 heavy (non-hydrogen) atoms. The van der Waals surface area contributed by atoms with Gasteiger partial charge in [0.1, 0.15) is 11.6 Å². The Balaban J connectivity index is 0.00000408. The predicted octanol–water partition coefficient (Wildman–Crippen LogP) is 4.36. The third-order valence-corrected chi connectivity index (χ3v) is 5.39. The van der Waals surface area contributed by atoms with Crippen molar-refractivity contribution in [2.24, 2.45) is 7.05 Å². The van der Waals surface area contributed by atoms with Gasteiger partial charge in [-0.25, -0.2) is 9.83 Å². The molecule has 1 aromatic heterocycles. The number of aromatic nitrogens is 2. The van der Waals surface area contributed by atoms with Crippen molar-refractivity contribution in [2.45, 2.75) is 45.1 Å². The van der Waals surface area contributed by atoms with Crippen LogP contribution in [0.4, 0.5) is 5.69 Å². The molecule has 3 aromatic rings. The molecule has 1 amide bonds. The average molecular weight is 587 g/mol. The molecule has 0 saturated carbocycles. The number of aromatic hydroxyl groups is 1. The number of hydrogen-bond acceptors (Lipinski definition) is 4. The summed E-state index contributed by atoms with van der Waals surface area (Å²) in [6.07, 6.45) is 2.31. The van der Waals surface area contributed by atoms with Crippen molar-refractivity contribution in [3.63, 3.8) is 0 Å². The molecule has 3 rings (SSSR count). The zero-order valence-corrected chi connectivity index (χ0v) is 23.7. The van der Waals surface area contributed by atoms with Crippen LogP contribution in [0.15, 0.2) is 48.7 Å². The van der Waals surface area contributed by atoms with Crippen molar-refractivity contribution in [1.82, 2.24) is 14.9 Å². The Kier molecular flexibility index (Phi) is 9.81. The van der Waals surface area contributed by atoms with Crippen LogP contribution in [-0.2, 0) is 18.9 Å². The SMILES string of the molecule is [C-]#[N+]c1cc(C(=O)NCC[C@H](O)Cc2ccc(-c3cn(C)c(C(C)(C)C)n3)cc2)ccc1O.[Pr]. The van der Waals surface area contributed by atoms with Gasteiger partial charge in [0, 0.05) is 77.6 Å². The number of aliphatic hydroxyl groups excluding tert-OH is 1. The standard InChI is InChI=1S/C26H30N4O3.Pr/c1-26(2,3)25-29-22(16-30(25)5)18-8-6-17(7-9-18)14-20(31)12-13-28-24(33)19-10-11-23(32)21(15-19)27-4;/h6-11,15-16,20,31-32H,12-14H2,1-3,5H3,(H,28,33);/t20-;/m0./s1. The van der Waals surface area contributed by atoms with Crippen LogP contribution in [0.2, 0.25) is 0 Å². The maximum absolute atomic E-state index is 12.2. The van der Waals surface area contributed by atoms with Gasteiger partial charge in [0.15, 0.2) is 0 Å². The fraction of sp³-hybridized carbons (Fsp3) is 0.346. The molecular weight excluding hydrogens is 557 g/mol. The smallest absolute Gasteiger partial charge is 0.250 e. The Hall–Kier alpha value is -2.27. The Morgan fingerprint density at radius 3 is 2.47 bits per heavy atom. The molecule has 0 spiro atoms. The molecule has 0 aliphatic heterocycles. The van der Waals surface area contributed by atoms with Crippen LogP contribution in [0.5, 0.6) is 5.75 Å². The maximum atomic E-state index is 12.2. The van der Waals surface area contributed by atoms with Gasteiger partial charge in [-0.1, -0.05) is 45.0 Å². The van der Waals surface area contributed by atoms with E-state index in [1.54, 1.807) is 0 Å². The fourth-order valence-corrected chi connectivity index (χ4v) is 3.70. The Labute approximate surface area is 234 Å². The van der Waals surface area contributed by atoms with E-state index in [4.69, 9.17) is 11.6 Å². The number of rotatable bonds is 7. The van der Waals surface area contributed by atoms with E-state index >= 15 is 0 Å². The molecule has 175 valence electrons. The second-order valence-corrected chi connectivity index (χ2v) is 9.23. The normalized spacial score (nSPS) is 11.9. The first kappa shape index (κ1) is 28.0. The summed E-state index contributed by atoms with van der Waals surface area (Å²) >= 11 is 0. The molecule has 1 heterocycles. The van der Waals surface area contributed by atoms with Gasteiger partial charge in [-0.05, 0) is 36.6 Å². The van der Waals surface area contributed by atoms with E-state index in [9.17, 15) is 15.0 Å². The second-order valence-electron chi connectivity index (χ2n) is 9.23. The number of nitrogens with one attached hydrogen (secondary N) is 1. The number of phenolic OH excluding ortho intramolecular Hbond substituents is 1. The minimum absolute atomic E-state index is 0. The molecule has 0 unspecified atom stereocenters. The van der Waals surface area contributed by atoms with Gasteiger partial charge in [-0.2, -0.15) is 0 Å². The molecule has 8 heteroatoms. The topological polar surface area (TPSA) is 91.7 Å². The van der Waals surface area contributed by atoms with Crippen LogP contribution in [0.1, 0.15) is 48.9 Å². The van der Waals surface area contributed by atoms with Crippen molar-refractivity contribution < 1.29 is 56.3 Å². The van der Waals surface area contributed by atoms with E-state index in [-0.39, 0.29) is 64.1 Å². The van der Waals surface area contributed by atoms with Crippen LogP contribution in [-0.4, -0.2) is 38.3 Å². The molecule has 0 aliphatic carbocycles. The Morgan fingerprint density at radius 2 is 1.88 bits per heavy atom. The van der Waals surface area contributed by atoms with Gasteiger partial charge in [-0.15, -0.1) is 0 Å². The fourth-order valence-electron chi connectivity index (χ4n) is 3.70. The number of benzene rings is 2. The number of aliphatic hydroxyl groups is 1. The molecule has 7 nitrogen and oxygen atoms in total. The van der Waals surface area contributed by atoms with Gasteiger partial charge in [0.25, 0.3) is 0 Å². The summed E-state index contributed by atoms with van der Waals surface area (Å²) in [6, 6.07) is 12.1. The monoisotopic (exact) mass is 587 g/mol. The quantitative estimate of drug-likeness (QED) is 0.359. The van der Waals surface area contributed by atoms with E-state index in [1.165, 1.54) is 18.2 Å². The first-order valence-electron chi connectivity index (χ1n) is 10.9. The van der Waals surface area contributed by atoms with E-state index < -0.39 is 6.10 Å². The molecule has 0 bridgehead atoms. The van der Waals surface area contributed by atoms with Gasteiger partial charge in [0.05, 0.1) is 18.4 Å². The van der Waals surface area contributed by atoms with Crippen molar-refractivity contribution in [1.29, 1.82) is 0 Å². The third-order valence-electron chi connectivity index (χ3n) is 5.39. The van der Waals surface area contributed by atoms with Crippen LogP contribution >= 0.6 is 0 Å². The number of hydrogen-bond donors (Lipinski definition) is 3. The first-order chi connectivity index (χ1) is 15.6. The van der Waals surface area contributed by atoms with Crippen molar-refractivity contribution >= 4 is 11.6 Å². The number of carbonyl (C=O) groups excluding carboxylic acids is 1. The number of aryl methyl sites for hydroxylation is 1. The molecule has 2 aromatic carbocycles. The van der Waals surface area contributed by atoms with Crippen LogP contribution in [0.3, 0.4) is 0 Å². The van der Waals surface area contributed by atoms with Crippen LogP contribution in [0, 0.1) is 47.9 Å². The Bertz CT molecular complexity index is 1170. The van der Waals surface area contributed by atoms with E-state index in [2.05, 4.69) is 35.5 Å². The van der Waals surface area contributed by atoms with Crippen molar-refractivity contribution in [2.75, 3.05) is 6.54 Å². The maximum Gasteiger partial charge on any atom is 0.250 e. The van der Waals surface area contributed by atoms with Gasteiger partial charge < -0.3 is 20.1 Å². The van der Waals surface area contributed by atoms with Gasteiger partial charge in [0.2, 0.25) is 11.6 Å². The summed E-state index contributed by atoms with van der Waals surface area (Å²) in [5.41, 5.74) is 3.25. The average Bonchev–Trinajstić information content (AvgIpc) is 3.16. The summed E-state index contributed by atoms with van der Waals surface area (Å²) in [5, 5.41) is 22.7. The zero-order chi connectivity index (χ0) is 24.2. The minimum Gasteiger partial charge on any atom is -0.519 e. The van der Waals surface area contributed by atoms with E-state index in [0.29, 0.717) is 24.9 Å². The molecule has 0 aliphatic rings. The Morgan fingerprint density at radius 1 is 1.21 bits per heavy atom. The number of imidazole rings is 1. The molecule has 1 radical (unpaired) electrons. The zero-order valence-electron chi connectivity index (χ0n) is 20.0. The minimum atomic E-state index is -0.600. The van der Waals surface area contributed by atoms with Crippen molar-refractivity contribution in [3.8, 4) is 17.0 Å². The number of nitrogens with zero attached hydrogens (tertiary/aromatic N) is 3. The van der Waals surface area contributed by atoms with E-state index in [1.807, 2.05) is 37.5 Å². The molecule has 0 saturated heterocycles. The van der Waals surface area contributed by atoms with E-state index in [0.717, 1.165) is 22.6 Å². The summed E-state index contributed by atoms with van der Waals surface area (Å²) in [6.45, 7) is 13.7. The number of carbonyl (C=O) groups is 1. The predicted molar refractivity (Wildman–Crippen MR) is 128 cm³/mol. The summed E-state index contributed by atoms with van der Waals surface area (Å²) in [7, 11) is 2.01. The van der Waals surface area contributed by atoms with Gasteiger partial charge in [-0.3, -0.25) is 4.79 Å². The summed E-state index contributed by atoms with van der Waals surface area (Å²) < 4.78 is 2.06. The van der Waals surface area contributed by atoms with Gasteiger partial charge >= 0.3 is 0 Å².